The highest BCUT2D eigenvalue weighted by atomic mass is 79.9. The van der Waals surface area contributed by atoms with Gasteiger partial charge in [0.2, 0.25) is 5.91 Å². The molecule has 6 heteroatoms. The predicted molar refractivity (Wildman–Crippen MR) is 72.0 cm³/mol. The van der Waals surface area contributed by atoms with E-state index < -0.39 is 11.9 Å². The molecule has 1 aromatic rings. The smallest absolute Gasteiger partial charge is 0.340 e. The number of nitrogens with one attached hydrogen (secondary N) is 1. The second-order valence-electron chi connectivity index (χ2n) is 3.00. The summed E-state index contributed by atoms with van der Waals surface area (Å²) in [7, 11) is 1.27. The van der Waals surface area contributed by atoms with Crippen LogP contribution in [0.4, 0.5) is 5.69 Å². The monoisotopic (exact) mass is 361 g/mol. The highest BCUT2D eigenvalue weighted by Gasteiger charge is 2.17. The molecule has 0 fully saturated rings. The summed E-state index contributed by atoms with van der Waals surface area (Å²) >= 11 is 6.52. The number of rotatable bonds is 3. The maximum absolute atomic E-state index is 11.6. The molecule has 17 heavy (non-hydrogen) atoms. The van der Waals surface area contributed by atoms with Gasteiger partial charge >= 0.3 is 5.97 Å². The zero-order chi connectivity index (χ0) is 13.0. The lowest BCUT2D eigenvalue weighted by molar-refractivity contribution is -0.111. The Bertz CT molecular complexity index is 486. The molecular weight excluding hydrogens is 354 g/mol. The SMILES string of the molecule is C=CC(=O)Nc1c(Br)cc(Br)cc1C(=O)OC. The molecule has 90 valence electrons. The van der Waals surface area contributed by atoms with Crippen molar-refractivity contribution in [3.05, 3.63) is 39.3 Å². The molecule has 1 N–H and O–H groups in total. The van der Waals surface area contributed by atoms with Gasteiger partial charge in [-0.25, -0.2) is 4.79 Å². The maximum Gasteiger partial charge on any atom is 0.340 e. The van der Waals surface area contributed by atoms with Gasteiger partial charge in [-0.1, -0.05) is 22.5 Å². The van der Waals surface area contributed by atoms with Crippen molar-refractivity contribution in [3.63, 3.8) is 0 Å². The first kappa shape index (κ1) is 13.9. The third-order valence-corrected chi connectivity index (χ3v) is 2.98. The highest BCUT2D eigenvalue weighted by molar-refractivity contribution is 9.11. The van der Waals surface area contributed by atoms with Gasteiger partial charge in [-0.3, -0.25) is 4.79 Å². The minimum atomic E-state index is -0.536. The molecule has 0 aliphatic heterocycles. The maximum atomic E-state index is 11.6. The number of amides is 1. The van der Waals surface area contributed by atoms with Gasteiger partial charge in [0.25, 0.3) is 0 Å². The van der Waals surface area contributed by atoms with Gasteiger partial charge in [-0.15, -0.1) is 0 Å². The first-order chi connectivity index (χ1) is 7.99. The molecule has 0 saturated carbocycles. The highest BCUT2D eigenvalue weighted by Crippen LogP contribution is 2.31. The summed E-state index contributed by atoms with van der Waals surface area (Å²) in [5.41, 5.74) is 0.605. The summed E-state index contributed by atoms with van der Waals surface area (Å²) in [6.07, 6.45) is 1.12. The third kappa shape index (κ3) is 3.41. The molecule has 0 saturated heterocycles. The minimum absolute atomic E-state index is 0.254. The molecule has 1 amide bonds. The molecule has 0 aliphatic rings. The average molecular weight is 363 g/mol. The Hall–Kier alpha value is -1.14. The van der Waals surface area contributed by atoms with Gasteiger partial charge in [0, 0.05) is 8.95 Å². The quantitative estimate of drug-likeness (QED) is 0.663. The second-order valence-corrected chi connectivity index (χ2v) is 4.77. The fourth-order valence-electron chi connectivity index (χ4n) is 1.15. The van der Waals surface area contributed by atoms with Crippen LogP contribution in [-0.4, -0.2) is 19.0 Å². The molecule has 0 aromatic heterocycles. The lowest BCUT2D eigenvalue weighted by atomic mass is 10.2. The van der Waals surface area contributed by atoms with E-state index in [2.05, 4.69) is 48.5 Å². The lowest BCUT2D eigenvalue weighted by Gasteiger charge is -2.11. The zero-order valence-electron chi connectivity index (χ0n) is 8.92. The second kappa shape index (κ2) is 5.97. The van der Waals surface area contributed by atoms with Crippen molar-refractivity contribution in [3.8, 4) is 0 Å². The Kier molecular flexibility index (Phi) is 4.89. The van der Waals surface area contributed by atoms with Gasteiger partial charge in [-0.05, 0) is 34.1 Å². The van der Waals surface area contributed by atoms with E-state index in [1.54, 1.807) is 12.1 Å². The summed E-state index contributed by atoms with van der Waals surface area (Å²) in [6, 6.07) is 3.28. The van der Waals surface area contributed by atoms with Crippen LogP contribution >= 0.6 is 31.9 Å². The Morgan fingerprint density at radius 3 is 2.59 bits per heavy atom. The van der Waals surface area contributed by atoms with Crippen molar-refractivity contribution in [2.24, 2.45) is 0 Å². The zero-order valence-corrected chi connectivity index (χ0v) is 12.1. The van der Waals surface area contributed by atoms with Crippen molar-refractivity contribution in [2.75, 3.05) is 12.4 Å². The molecule has 0 spiro atoms. The van der Waals surface area contributed by atoms with Crippen molar-refractivity contribution >= 4 is 49.4 Å². The standard InChI is InChI=1S/C11H9Br2NO3/c1-3-9(15)14-10-7(11(16)17-2)4-6(12)5-8(10)13/h3-5H,1H2,2H3,(H,14,15). The molecule has 0 unspecified atom stereocenters. The van der Waals surface area contributed by atoms with E-state index in [0.717, 1.165) is 6.08 Å². The average Bonchev–Trinajstić information content (AvgIpc) is 2.30. The van der Waals surface area contributed by atoms with Gasteiger partial charge in [0.1, 0.15) is 0 Å². The summed E-state index contributed by atoms with van der Waals surface area (Å²) in [5, 5.41) is 2.55. The van der Waals surface area contributed by atoms with Crippen LogP contribution in [0, 0.1) is 0 Å². The molecule has 4 nitrogen and oxygen atoms in total. The number of hydrogen-bond donors (Lipinski definition) is 1. The van der Waals surface area contributed by atoms with Crippen LogP contribution in [0.1, 0.15) is 10.4 Å². The summed E-state index contributed by atoms with van der Waals surface area (Å²) in [6.45, 7) is 3.35. The molecule has 1 aromatic carbocycles. The van der Waals surface area contributed by atoms with E-state index in [1.165, 1.54) is 7.11 Å². The van der Waals surface area contributed by atoms with E-state index in [4.69, 9.17) is 0 Å². The van der Waals surface area contributed by atoms with Crippen molar-refractivity contribution in [2.45, 2.75) is 0 Å². The van der Waals surface area contributed by atoms with Gasteiger partial charge < -0.3 is 10.1 Å². The number of halogens is 2. The Labute approximate surface area is 115 Å². The Morgan fingerprint density at radius 2 is 2.06 bits per heavy atom. The fraction of sp³-hybridized carbons (Fsp3) is 0.0909. The molecular formula is C11H9Br2NO3. The Balaban J connectivity index is 3.29. The molecule has 0 atom stereocenters. The van der Waals surface area contributed by atoms with E-state index >= 15 is 0 Å². The number of hydrogen-bond acceptors (Lipinski definition) is 3. The number of carbonyl (C=O) groups excluding carboxylic acids is 2. The van der Waals surface area contributed by atoms with Crippen LogP contribution in [0.2, 0.25) is 0 Å². The van der Waals surface area contributed by atoms with E-state index in [9.17, 15) is 9.59 Å². The number of carbonyl (C=O) groups is 2. The molecule has 0 heterocycles. The fourth-order valence-corrected chi connectivity index (χ4v) is 2.47. The van der Waals surface area contributed by atoms with Gasteiger partial charge in [0.05, 0.1) is 18.4 Å². The van der Waals surface area contributed by atoms with Crippen LogP contribution in [-0.2, 0) is 9.53 Å². The number of ether oxygens (including phenoxy) is 1. The third-order valence-electron chi connectivity index (χ3n) is 1.89. The largest absolute Gasteiger partial charge is 0.465 e. The first-order valence-corrected chi connectivity index (χ1v) is 6.09. The number of benzene rings is 1. The normalized spacial score (nSPS) is 9.59. The topological polar surface area (TPSA) is 55.4 Å². The van der Waals surface area contributed by atoms with Crippen molar-refractivity contribution < 1.29 is 14.3 Å². The van der Waals surface area contributed by atoms with Crippen LogP contribution in [0.3, 0.4) is 0 Å². The lowest BCUT2D eigenvalue weighted by Crippen LogP contribution is -2.13. The van der Waals surface area contributed by atoms with Crippen LogP contribution in [0.25, 0.3) is 0 Å². The van der Waals surface area contributed by atoms with Crippen LogP contribution in [0.15, 0.2) is 33.7 Å². The minimum Gasteiger partial charge on any atom is -0.465 e. The van der Waals surface area contributed by atoms with E-state index in [-0.39, 0.29) is 5.56 Å². The number of methoxy groups -OCH3 is 1. The Morgan fingerprint density at radius 1 is 1.41 bits per heavy atom. The van der Waals surface area contributed by atoms with Crippen LogP contribution < -0.4 is 5.32 Å². The summed E-state index contributed by atoms with van der Waals surface area (Å²) < 4.78 is 5.91. The number of anilines is 1. The van der Waals surface area contributed by atoms with E-state index in [1.807, 2.05) is 0 Å². The van der Waals surface area contributed by atoms with Crippen molar-refractivity contribution in [1.82, 2.24) is 0 Å². The van der Waals surface area contributed by atoms with Crippen LogP contribution in [0.5, 0.6) is 0 Å². The van der Waals surface area contributed by atoms with Crippen molar-refractivity contribution in [1.29, 1.82) is 0 Å². The summed E-state index contributed by atoms with van der Waals surface area (Å²) in [4.78, 5) is 22.8. The molecule has 0 radical (unpaired) electrons. The number of esters is 1. The van der Waals surface area contributed by atoms with Gasteiger partial charge in [-0.2, -0.15) is 0 Å². The molecule has 0 aliphatic carbocycles. The molecule has 1 rings (SSSR count). The predicted octanol–water partition coefficient (Wildman–Crippen LogP) is 3.12. The summed E-state index contributed by atoms with van der Waals surface area (Å²) in [5.74, 6) is -0.940. The van der Waals surface area contributed by atoms with Gasteiger partial charge in [0.15, 0.2) is 0 Å². The first-order valence-electron chi connectivity index (χ1n) is 4.50. The molecule has 0 bridgehead atoms. The van der Waals surface area contributed by atoms with E-state index in [0.29, 0.717) is 14.6 Å².